The summed E-state index contributed by atoms with van der Waals surface area (Å²) in [6.07, 6.45) is 0. The summed E-state index contributed by atoms with van der Waals surface area (Å²) in [5, 5.41) is 0. The van der Waals surface area contributed by atoms with Gasteiger partial charge in [-0.1, -0.05) is 202 Å². The Labute approximate surface area is 346 Å². The quantitative estimate of drug-likeness (QED) is 0.169. The molecule has 0 saturated carbocycles. The third-order valence-corrected chi connectivity index (χ3v) is 13.5. The van der Waals surface area contributed by atoms with Crippen molar-refractivity contribution in [2.75, 3.05) is 4.90 Å². The lowest BCUT2D eigenvalue weighted by Crippen LogP contribution is -2.26. The van der Waals surface area contributed by atoms with Gasteiger partial charge in [0.25, 0.3) is 0 Å². The molecule has 0 radical (unpaired) electrons. The second-order valence-electron chi connectivity index (χ2n) is 16.8. The molecule has 9 aromatic carbocycles. The molecule has 0 bridgehead atoms. The van der Waals surface area contributed by atoms with Crippen LogP contribution in [0.25, 0.3) is 55.6 Å². The van der Waals surface area contributed by atoms with Gasteiger partial charge in [-0.15, -0.1) is 0 Å². The largest absolute Gasteiger partial charge is 0.309 e. The van der Waals surface area contributed by atoms with Crippen LogP contribution in [-0.4, -0.2) is 0 Å². The number of fused-ring (bicyclic) bond motifs is 13. The first-order valence-electron chi connectivity index (χ1n) is 20.8. The van der Waals surface area contributed by atoms with Crippen molar-refractivity contribution in [1.29, 1.82) is 0 Å². The third kappa shape index (κ3) is 4.62. The normalized spacial score (nSPS) is 14.2. The Morgan fingerprint density at radius 1 is 0.305 bits per heavy atom. The molecular weight excluding hydrogens is 711 g/mol. The van der Waals surface area contributed by atoms with E-state index in [0.29, 0.717) is 0 Å². The minimum atomic E-state index is -0.473. The molecule has 0 fully saturated rings. The Morgan fingerprint density at radius 2 is 0.712 bits per heavy atom. The molecule has 1 nitrogen and oxygen atoms in total. The summed E-state index contributed by atoms with van der Waals surface area (Å²) in [6.45, 7) is 4.75. The molecule has 0 aromatic heterocycles. The van der Waals surface area contributed by atoms with E-state index >= 15 is 0 Å². The lowest BCUT2D eigenvalue weighted by atomic mass is 9.68. The molecule has 0 saturated heterocycles. The van der Waals surface area contributed by atoms with Crippen LogP contribution >= 0.6 is 0 Å². The average Bonchev–Trinajstić information content (AvgIpc) is 3.86. The van der Waals surface area contributed by atoms with Gasteiger partial charge in [-0.3, -0.25) is 0 Å². The van der Waals surface area contributed by atoms with Crippen LogP contribution in [0.2, 0.25) is 0 Å². The smallest absolute Gasteiger partial charge is 0.0731 e. The van der Waals surface area contributed by atoms with Crippen LogP contribution in [0.1, 0.15) is 47.2 Å². The second-order valence-corrected chi connectivity index (χ2v) is 16.8. The van der Waals surface area contributed by atoms with E-state index in [2.05, 4.69) is 231 Å². The molecule has 0 atom stereocenters. The van der Waals surface area contributed by atoms with Gasteiger partial charge in [-0.05, 0) is 102 Å². The van der Waals surface area contributed by atoms with Crippen molar-refractivity contribution in [3.63, 3.8) is 0 Å². The predicted octanol–water partition coefficient (Wildman–Crippen LogP) is 15.1. The van der Waals surface area contributed by atoms with Crippen molar-refractivity contribution in [3.05, 3.63) is 246 Å². The zero-order valence-corrected chi connectivity index (χ0v) is 33.2. The summed E-state index contributed by atoms with van der Waals surface area (Å²) in [5.74, 6) is 0. The van der Waals surface area contributed by atoms with Crippen molar-refractivity contribution in [2.24, 2.45) is 0 Å². The number of benzene rings is 9. The highest BCUT2D eigenvalue weighted by molar-refractivity contribution is 6.02. The first-order chi connectivity index (χ1) is 29.1. The number of para-hydroxylation sites is 2. The van der Waals surface area contributed by atoms with E-state index < -0.39 is 5.41 Å². The summed E-state index contributed by atoms with van der Waals surface area (Å²) >= 11 is 0. The summed E-state index contributed by atoms with van der Waals surface area (Å²) in [4.78, 5) is 2.53. The van der Waals surface area contributed by atoms with Crippen molar-refractivity contribution < 1.29 is 0 Å². The zero-order valence-electron chi connectivity index (χ0n) is 33.2. The highest BCUT2D eigenvalue weighted by Gasteiger charge is 2.52. The molecule has 0 unspecified atom stereocenters. The Hall–Kier alpha value is -7.22. The highest BCUT2D eigenvalue weighted by Crippen LogP contribution is 2.65. The summed E-state index contributed by atoms with van der Waals surface area (Å²) < 4.78 is 0. The van der Waals surface area contributed by atoms with Crippen LogP contribution in [0.4, 0.5) is 17.1 Å². The Bertz CT molecular complexity index is 3090. The van der Waals surface area contributed by atoms with Crippen LogP contribution in [0.15, 0.2) is 212 Å². The van der Waals surface area contributed by atoms with E-state index in [-0.39, 0.29) is 5.41 Å². The van der Waals surface area contributed by atoms with Gasteiger partial charge in [0.15, 0.2) is 0 Å². The molecular formula is C58H41N. The molecule has 0 amide bonds. The molecule has 0 N–H and O–H groups in total. The van der Waals surface area contributed by atoms with Gasteiger partial charge in [0.2, 0.25) is 0 Å². The van der Waals surface area contributed by atoms with Gasteiger partial charge < -0.3 is 4.90 Å². The Morgan fingerprint density at radius 3 is 1.32 bits per heavy atom. The molecule has 1 spiro atoms. The molecule has 0 heterocycles. The van der Waals surface area contributed by atoms with E-state index in [1.54, 1.807) is 0 Å². The lowest BCUT2D eigenvalue weighted by Gasteiger charge is -2.34. The van der Waals surface area contributed by atoms with Gasteiger partial charge in [-0.2, -0.15) is 0 Å². The van der Waals surface area contributed by atoms with E-state index in [4.69, 9.17) is 0 Å². The number of rotatable bonds is 5. The van der Waals surface area contributed by atoms with Crippen molar-refractivity contribution in [2.45, 2.75) is 24.7 Å². The molecule has 12 rings (SSSR count). The Balaban J connectivity index is 1.16. The summed E-state index contributed by atoms with van der Waals surface area (Å²) in [5.41, 5.74) is 23.6. The van der Waals surface area contributed by atoms with Gasteiger partial charge in [0, 0.05) is 22.2 Å². The number of hydrogen-bond acceptors (Lipinski definition) is 1. The SMILES string of the molecule is CC1(C)c2ccccc2-c2ccc(N(c3ccccc3-c3ccccc3)c3ccccc3-c3cccc4c3C3(c5ccccc5-c5ccccc53)c3ccccc3-4)cc21. The van der Waals surface area contributed by atoms with Crippen LogP contribution in [0.5, 0.6) is 0 Å². The van der Waals surface area contributed by atoms with Crippen LogP contribution < -0.4 is 4.90 Å². The summed E-state index contributed by atoms with van der Waals surface area (Å²) in [6, 6.07) is 79.2. The van der Waals surface area contributed by atoms with E-state index in [1.807, 2.05) is 0 Å². The third-order valence-electron chi connectivity index (χ3n) is 13.5. The first-order valence-corrected chi connectivity index (χ1v) is 20.8. The fourth-order valence-corrected chi connectivity index (χ4v) is 11.0. The monoisotopic (exact) mass is 751 g/mol. The van der Waals surface area contributed by atoms with Crippen LogP contribution in [-0.2, 0) is 10.8 Å². The van der Waals surface area contributed by atoms with Crippen LogP contribution in [0, 0.1) is 0 Å². The minimum absolute atomic E-state index is 0.145. The second kappa shape index (κ2) is 12.6. The van der Waals surface area contributed by atoms with Crippen molar-refractivity contribution >= 4 is 17.1 Å². The fourth-order valence-electron chi connectivity index (χ4n) is 11.0. The molecule has 1 heteroatoms. The summed E-state index contributed by atoms with van der Waals surface area (Å²) in [7, 11) is 0. The molecule has 278 valence electrons. The van der Waals surface area contributed by atoms with Gasteiger partial charge in [-0.25, -0.2) is 0 Å². The molecule has 9 aromatic rings. The number of hydrogen-bond donors (Lipinski definition) is 0. The maximum atomic E-state index is 2.53. The van der Waals surface area contributed by atoms with Gasteiger partial charge >= 0.3 is 0 Å². The Kier molecular flexibility index (Phi) is 7.26. The maximum Gasteiger partial charge on any atom is 0.0731 e. The minimum Gasteiger partial charge on any atom is -0.309 e. The molecule has 3 aliphatic carbocycles. The van der Waals surface area contributed by atoms with Crippen LogP contribution in [0.3, 0.4) is 0 Å². The highest BCUT2D eigenvalue weighted by atomic mass is 15.1. The number of nitrogens with zero attached hydrogens (tertiary/aromatic N) is 1. The van der Waals surface area contributed by atoms with E-state index in [1.165, 1.54) is 89.0 Å². The first kappa shape index (κ1) is 33.9. The maximum absolute atomic E-state index is 2.53. The van der Waals surface area contributed by atoms with E-state index in [0.717, 1.165) is 17.1 Å². The zero-order chi connectivity index (χ0) is 39.3. The van der Waals surface area contributed by atoms with E-state index in [9.17, 15) is 0 Å². The molecule has 0 aliphatic heterocycles. The van der Waals surface area contributed by atoms with Gasteiger partial charge in [0.05, 0.1) is 16.8 Å². The predicted molar refractivity (Wildman–Crippen MR) is 246 cm³/mol. The fraction of sp³-hybridized carbons (Fsp3) is 0.0690. The standard InChI is InChI=1S/C58H41N/c1-57(2)49-29-12-6-22-41(49)45-36-35-39(37-53(45)57)59(54-33-16-10-21-40(54)38-19-4-3-5-20-38)55-34-17-11-26-46(55)48-28-18-27-47-44-25-9-15-32-52(44)58(56(47)48)50-30-13-7-23-42(50)43-24-8-14-31-51(43)58/h3-37H,1-2H3. The van der Waals surface area contributed by atoms with Gasteiger partial charge in [0.1, 0.15) is 0 Å². The number of anilines is 3. The molecule has 59 heavy (non-hydrogen) atoms. The van der Waals surface area contributed by atoms with Crippen molar-refractivity contribution in [3.8, 4) is 55.6 Å². The van der Waals surface area contributed by atoms with Crippen molar-refractivity contribution in [1.82, 2.24) is 0 Å². The topological polar surface area (TPSA) is 3.24 Å². The molecule has 3 aliphatic rings. The average molecular weight is 752 g/mol. The lowest BCUT2D eigenvalue weighted by molar-refractivity contribution is 0.660.